The van der Waals surface area contributed by atoms with Crippen molar-refractivity contribution in [3.8, 4) is 39.7 Å². The second-order valence-corrected chi connectivity index (χ2v) is 10.3. The molecule has 1 aliphatic rings. The Morgan fingerprint density at radius 1 is 0.854 bits per heavy atom. The Balaban J connectivity index is 1.37. The number of tetrazole rings is 1. The Labute approximate surface area is 237 Å². The molecule has 1 aliphatic heterocycles. The van der Waals surface area contributed by atoms with Gasteiger partial charge in [-0.15, -0.1) is 10.2 Å². The lowest BCUT2D eigenvalue weighted by Crippen LogP contribution is -2.05. The monoisotopic (exact) mass is 540 g/mol. The molecule has 0 aliphatic carbocycles. The maximum atomic E-state index is 6.47. The first-order chi connectivity index (χ1) is 20.2. The molecule has 0 saturated carbocycles. The summed E-state index contributed by atoms with van der Waals surface area (Å²) >= 11 is 0. The molecule has 0 spiro atoms. The smallest absolute Gasteiger partial charge is 0.231 e. The molecule has 202 valence electrons. The second kappa shape index (κ2) is 10.8. The quantitative estimate of drug-likeness (QED) is 0.248. The van der Waals surface area contributed by atoms with E-state index in [0.29, 0.717) is 30.6 Å². The summed E-state index contributed by atoms with van der Waals surface area (Å²) in [6.45, 7) is 2.71. The van der Waals surface area contributed by atoms with Crippen molar-refractivity contribution in [1.29, 1.82) is 0 Å². The SMILES string of the molecule is Cc1ccc(-c2noc(Cc3cc(-c4ccccc4-c4nn[nH]n4)cc4c3OCCCC4c3ccccc3)n2)cc1. The van der Waals surface area contributed by atoms with Crippen LogP contribution in [0, 0.1) is 6.92 Å². The average molecular weight is 541 g/mol. The highest BCUT2D eigenvalue weighted by atomic mass is 16.5. The van der Waals surface area contributed by atoms with Gasteiger partial charge in [0.1, 0.15) is 5.75 Å². The molecule has 41 heavy (non-hydrogen) atoms. The number of aromatic nitrogens is 6. The van der Waals surface area contributed by atoms with Gasteiger partial charge < -0.3 is 9.26 Å². The van der Waals surface area contributed by atoms with Crippen LogP contribution in [0.3, 0.4) is 0 Å². The number of hydrogen-bond donors (Lipinski definition) is 1. The predicted octanol–water partition coefficient (Wildman–Crippen LogP) is 6.79. The molecule has 0 amide bonds. The lowest BCUT2D eigenvalue weighted by molar-refractivity contribution is 0.312. The van der Waals surface area contributed by atoms with Gasteiger partial charge in [-0.25, -0.2) is 0 Å². The summed E-state index contributed by atoms with van der Waals surface area (Å²) in [4.78, 5) is 4.75. The van der Waals surface area contributed by atoms with Crippen molar-refractivity contribution in [2.75, 3.05) is 6.61 Å². The largest absolute Gasteiger partial charge is 0.493 e. The number of benzene rings is 4. The molecule has 0 bridgehead atoms. The first kappa shape index (κ1) is 24.9. The highest BCUT2D eigenvalue weighted by Gasteiger charge is 2.26. The van der Waals surface area contributed by atoms with Gasteiger partial charge in [0.15, 0.2) is 0 Å². The third-order valence-corrected chi connectivity index (χ3v) is 7.60. The number of rotatable bonds is 6. The molecule has 7 rings (SSSR count). The van der Waals surface area contributed by atoms with E-state index in [9.17, 15) is 0 Å². The number of ether oxygens (including phenoxy) is 1. The summed E-state index contributed by atoms with van der Waals surface area (Å²) in [5.41, 5.74) is 8.50. The molecule has 1 N–H and O–H groups in total. The van der Waals surface area contributed by atoms with Crippen molar-refractivity contribution in [3.05, 3.63) is 119 Å². The summed E-state index contributed by atoms with van der Waals surface area (Å²) < 4.78 is 12.2. The van der Waals surface area contributed by atoms with Gasteiger partial charge in [0.25, 0.3) is 0 Å². The lowest BCUT2D eigenvalue weighted by Gasteiger charge is -2.21. The summed E-state index contributed by atoms with van der Waals surface area (Å²) in [5.74, 6) is 2.75. The van der Waals surface area contributed by atoms with E-state index >= 15 is 0 Å². The summed E-state index contributed by atoms with van der Waals surface area (Å²) in [6, 6.07) is 31.3. The minimum Gasteiger partial charge on any atom is -0.493 e. The Bertz CT molecular complexity index is 1780. The van der Waals surface area contributed by atoms with Crippen LogP contribution in [0.1, 0.15) is 46.9 Å². The van der Waals surface area contributed by atoms with Crippen molar-refractivity contribution in [1.82, 2.24) is 30.8 Å². The van der Waals surface area contributed by atoms with E-state index < -0.39 is 0 Å². The van der Waals surface area contributed by atoms with Gasteiger partial charge in [0.05, 0.1) is 13.0 Å². The molecule has 8 nitrogen and oxygen atoms in total. The zero-order valence-electron chi connectivity index (χ0n) is 22.6. The minimum absolute atomic E-state index is 0.190. The molecule has 3 heterocycles. The van der Waals surface area contributed by atoms with Crippen molar-refractivity contribution in [2.24, 2.45) is 0 Å². The van der Waals surface area contributed by atoms with Gasteiger partial charge >= 0.3 is 0 Å². The van der Waals surface area contributed by atoms with Crippen LogP contribution in [0.5, 0.6) is 5.75 Å². The Hall–Kier alpha value is -5.11. The van der Waals surface area contributed by atoms with Gasteiger partial charge in [0.2, 0.25) is 17.5 Å². The predicted molar refractivity (Wildman–Crippen MR) is 155 cm³/mol. The zero-order valence-corrected chi connectivity index (χ0v) is 22.6. The second-order valence-electron chi connectivity index (χ2n) is 10.3. The van der Waals surface area contributed by atoms with Crippen molar-refractivity contribution < 1.29 is 9.26 Å². The molecular formula is C33H28N6O2. The first-order valence-corrected chi connectivity index (χ1v) is 13.8. The highest BCUT2D eigenvalue weighted by molar-refractivity contribution is 5.82. The number of aromatic amines is 1. The van der Waals surface area contributed by atoms with Crippen molar-refractivity contribution >= 4 is 0 Å². The fourth-order valence-electron chi connectivity index (χ4n) is 5.60. The number of nitrogens with zero attached hydrogens (tertiary/aromatic N) is 5. The summed E-state index contributed by atoms with van der Waals surface area (Å²) in [6.07, 6.45) is 2.39. The zero-order chi connectivity index (χ0) is 27.6. The van der Waals surface area contributed by atoms with Crippen LogP contribution in [0.4, 0.5) is 0 Å². The van der Waals surface area contributed by atoms with Crippen LogP contribution in [0.2, 0.25) is 0 Å². The topological polar surface area (TPSA) is 103 Å². The third kappa shape index (κ3) is 5.00. The van der Waals surface area contributed by atoms with Crippen molar-refractivity contribution in [3.63, 3.8) is 0 Å². The summed E-state index contributed by atoms with van der Waals surface area (Å²) in [5, 5.41) is 19.2. The minimum atomic E-state index is 0.190. The molecule has 0 saturated heterocycles. The average Bonchev–Trinajstić information content (AvgIpc) is 3.67. The van der Waals surface area contributed by atoms with Crippen molar-refractivity contribution in [2.45, 2.75) is 32.1 Å². The van der Waals surface area contributed by atoms with Crippen LogP contribution in [-0.4, -0.2) is 37.4 Å². The first-order valence-electron chi connectivity index (χ1n) is 13.8. The standard InChI is InChI=1S/C33H28N6O2/c1-21-13-15-23(16-14-21)32-34-30(41-37-32)20-25-18-24(27-10-5-6-11-28(27)33-35-38-39-36-33)19-29-26(12-7-17-40-31(25)29)22-8-3-2-4-9-22/h2-6,8-11,13-16,18-19,26H,7,12,17,20H2,1H3,(H,35,36,38,39). The number of H-pyrrole nitrogens is 1. The van der Waals surface area contributed by atoms with E-state index in [1.54, 1.807) is 0 Å². The maximum absolute atomic E-state index is 6.47. The van der Waals surface area contributed by atoms with E-state index in [1.165, 1.54) is 11.1 Å². The van der Waals surface area contributed by atoms with Gasteiger partial charge in [0, 0.05) is 28.2 Å². The molecule has 1 atom stereocenters. The van der Waals surface area contributed by atoms with Crippen LogP contribution in [-0.2, 0) is 6.42 Å². The molecular weight excluding hydrogens is 512 g/mol. The molecule has 8 heteroatoms. The highest BCUT2D eigenvalue weighted by Crippen LogP contribution is 2.44. The number of aryl methyl sites for hydroxylation is 1. The maximum Gasteiger partial charge on any atom is 0.231 e. The molecule has 1 unspecified atom stereocenters. The molecule has 6 aromatic rings. The number of fused-ring (bicyclic) bond motifs is 1. The molecule has 2 aromatic heterocycles. The fourth-order valence-corrected chi connectivity index (χ4v) is 5.60. The third-order valence-electron chi connectivity index (χ3n) is 7.60. The van der Waals surface area contributed by atoms with Crippen LogP contribution in [0.25, 0.3) is 33.9 Å². The van der Waals surface area contributed by atoms with Gasteiger partial charge in [-0.05, 0) is 53.8 Å². The molecule has 4 aromatic carbocycles. The number of nitrogens with one attached hydrogen (secondary N) is 1. The molecule has 0 radical (unpaired) electrons. The van der Waals surface area contributed by atoms with Gasteiger partial charge in [-0.3, -0.25) is 0 Å². The Kier molecular flexibility index (Phi) is 6.56. The number of hydrogen-bond acceptors (Lipinski definition) is 7. The van der Waals surface area contributed by atoms with Gasteiger partial charge in [-0.2, -0.15) is 10.2 Å². The van der Waals surface area contributed by atoms with E-state index in [2.05, 4.69) is 81.2 Å². The van der Waals surface area contributed by atoms with E-state index in [4.69, 9.17) is 14.2 Å². The fraction of sp³-hybridized carbons (Fsp3) is 0.182. The van der Waals surface area contributed by atoms with Crippen LogP contribution >= 0.6 is 0 Å². The normalized spacial score (nSPS) is 14.7. The van der Waals surface area contributed by atoms with E-state index in [0.717, 1.165) is 52.0 Å². The van der Waals surface area contributed by atoms with E-state index in [1.807, 2.05) is 42.5 Å². The Morgan fingerprint density at radius 3 is 2.46 bits per heavy atom. The van der Waals surface area contributed by atoms with Crippen LogP contribution < -0.4 is 4.74 Å². The summed E-state index contributed by atoms with van der Waals surface area (Å²) in [7, 11) is 0. The lowest BCUT2D eigenvalue weighted by atomic mass is 9.84. The Morgan fingerprint density at radius 2 is 1.66 bits per heavy atom. The molecule has 0 fully saturated rings. The van der Waals surface area contributed by atoms with Gasteiger partial charge in [-0.1, -0.05) is 89.6 Å². The van der Waals surface area contributed by atoms with Crippen LogP contribution in [0.15, 0.2) is 95.5 Å². The van der Waals surface area contributed by atoms with E-state index in [-0.39, 0.29) is 5.92 Å².